The average Bonchev–Trinajstić information content (AvgIpc) is 2.82. The molecule has 2 aromatic rings. The van der Waals surface area contributed by atoms with Gasteiger partial charge in [-0.25, -0.2) is 0 Å². The largest absolute Gasteiger partial charge is 0.389 e. The lowest BCUT2D eigenvalue weighted by atomic mass is 10.2. The fraction of sp³-hybridized carbons (Fsp3) is 0.429. The standard InChI is InChI=1S/C14H16ClN3O3/c15-12-4-2-1-3-11(12)14-16-13(21-17-14)8-18-5-6-20-9-10(19)7-18/h1-4,10,19H,5-9H2. The third-order valence-electron chi connectivity index (χ3n) is 3.27. The molecule has 1 fully saturated rings. The van der Waals surface area contributed by atoms with Crippen molar-refractivity contribution < 1.29 is 14.4 Å². The van der Waals surface area contributed by atoms with Crippen molar-refractivity contribution in [3.8, 4) is 11.4 Å². The molecule has 1 aliphatic rings. The first-order chi connectivity index (χ1) is 10.2. The van der Waals surface area contributed by atoms with Gasteiger partial charge in [0.1, 0.15) is 0 Å². The number of nitrogens with zero attached hydrogens (tertiary/aromatic N) is 3. The zero-order valence-electron chi connectivity index (χ0n) is 11.4. The van der Waals surface area contributed by atoms with Crippen molar-refractivity contribution in [2.45, 2.75) is 12.6 Å². The second kappa shape index (κ2) is 6.53. The molecule has 2 heterocycles. The van der Waals surface area contributed by atoms with E-state index in [9.17, 15) is 5.11 Å². The van der Waals surface area contributed by atoms with Crippen LogP contribution < -0.4 is 0 Å². The van der Waals surface area contributed by atoms with Crippen LogP contribution in [-0.2, 0) is 11.3 Å². The van der Waals surface area contributed by atoms with E-state index < -0.39 is 6.10 Å². The Morgan fingerprint density at radius 2 is 2.24 bits per heavy atom. The quantitative estimate of drug-likeness (QED) is 0.928. The van der Waals surface area contributed by atoms with Crippen LogP contribution in [0.1, 0.15) is 5.89 Å². The van der Waals surface area contributed by atoms with Crippen LogP contribution in [-0.4, -0.2) is 52.6 Å². The first kappa shape index (κ1) is 14.5. The Bertz CT molecular complexity index is 605. The van der Waals surface area contributed by atoms with Gasteiger partial charge in [0.05, 0.1) is 30.9 Å². The topological polar surface area (TPSA) is 71.6 Å². The highest BCUT2D eigenvalue weighted by Crippen LogP contribution is 2.25. The Morgan fingerprint density at radius 3 is 3.10 bits per heavy atom. The molecule has 0 spiro atoms. The number of hydrogen-bond donors (Lipinski definition) is 1. The Labute approximate surface area is 127 Å². The van der Waals surface area contributed by atoms with Gasteiger partial charge in [0.25, 0.3) is 0 Å². The van der Waals surface area contributed by atoms with Gasteiger partial charge in [-0.15, -0.1) is 0 Å². The normalized spacial score (nSPS) is 20.4. The zero-order valence-corrected chi connectivity index (χ0v) is 12.2. The number of β-amino-alcohol motifs (C(OH)–C–C–N with tert-alkyl or cyclic N) is 1. The number of aromatic nitrogens is 2. The van der Waals surface area contributed by atoms with Crippen LogP contribution in [0.3, 0.4) is 0 Å². The van der Waals surface area contributed by atoms with Gasteiger partial charge in [-0.05, 0) is 12.1 Å². The van der Waals surface area contributed by atoms with E-state index in [1.807, 2.05) is 23.1 Å². The fourth-order valence-electron chi connectivity index (χ4n) is 2.26. The Hall–Kier alpha value is -1.47. The summed E-state index contributed by atoms with van der Waals surface area (Å²) in [5, 5.41) is 14.3. The van der Waals surface area contributed by atoms with Gasteiger partial charge >= 0.3 is 0 Å². The summed E-state index contributed by atoms with van der Waals surface area (Å²) in [6.45, 7) is 2.69. The summed E-state index contributed by atoms with van der Waals surface area (Å²) in [6, 6.07) is 7.36. The van der Waals surface area contributed by atoms with Crippen molar-refractivity contribution in [2.75, 3.05) is 26.3 Å². The molecule has 0 bridgehead atoms. The molecule has 3 rings (SSSR count). The molecule has 1 saturated heterocycles. The molecule has 7 heteroatoms. The predicted octanol–water partition coefficient (Wildman–Crippen LogP) is 1.58. The molecular weight excluding hydrogens is 294 g/mol. The number of hydrogen-bond acceptors (Lipinski definition) is 6. The van der Waals surface area contributed by atoms with Gasteiger partial charge in [-0.3, -0.25) is 4.90 Å². The average molecular weight is 310 g/mol. The Balaban J connectivity index is 1.72. The summed E-state index contributed by atoms with van der Waals surface area (Å²) in [4.78, 5) is 6.39. The van der Waals surface area contributed by atoms with E-state index in [1.54, 1.807) is 6.07 Å². The third kappa shape index (κ3) is 3.59. The van der Waals surface area contributed by atoms with Crippen LogP contribution in [0, 0.1) is 0 Å². The highest BCUT2D eigenvalue weighted by atomic mass is 35.5. The number of benzene rings is 1. The highest BCUT2D eigenvalue weighted by molar-refractivity contribution is 6.33. The highest BCUT2D eigenvalue weighted by Gasteiger charge is 2.19. The van der Waals surface area contributed by atoms with Crippen LogP contribution in [0.25, 0.3) is 11.4 Å². The Morgan fingerprint density at radius 1 is 1.38 bits per heavy atom. The lowest BCUT2D eigenvalue weighted by Gasteiger charge is -2.18. The van der Waals surface area contributed by atoms with Crippen molar-refractivity contribution in [2.24, 2.45) is 0 Å². The number of halogens is 1. The van der Waals surface area contributed by atoms with Crippen molar-refractivity contribution in [3.05, 3.63) is 35.2 Å². The van der Waals surface area contributed by atoms with E-state index in [4.69, 9.17) is 20.9 Å². The van der Waals surface area contributed by atoms with Crippen LogP contribution in [0.4, 0.5) is 0 Å². The first-order valence-corrected chi connectivity index (χ1v) is 7.16. The molecule has 1 N–H and O–H groups in total. The minimum absolute atomic E-state index is 0.366. The summed E-state index contributed by atoms with van der Waals surface area (Å²) in [5.41, 5.74) is 0.744. The maximum Gasteiger partial charge on any atom is 0.241 e. The van der Waals surface area contributed by atoms with Crippen molar-refractivity contribution >= 4 is 11.6 Å². The SMILES string of the molecule is OC1COCCN(Cc2nc(-c3ccccc3Cl)no2)C1. The van der Waals surface area contributed by atoms with E-state index in [0.717, 1.165) is 12.1 Å². The van der Waals surface area contributed by atoms with Gasteiger partial charge in [0, 0.05) is 18.7 Å². The molecule has 21 heavy (non-hydrogen) atoms. The van der Waals surface area contributed by atoms with Crippen LogP contribution in [0.5, 0.6) is 0 Å². The van der Waals surface area contributed by atoms with Gasteiger partial charge < -0.3 is 14.4 Å². The lowest BCUT2D eigenvalue weighted by molar-refractivity contribution is 0.0558. The van der Waals surface area contributed by atoms with E-state index in [-0.39, 0.29) is 0 Å². The molecular formula is C14H16ClN3O3. The summed E-state index contributed by atoms with van der Waals surface area (Å²) < 4.78 is 10.6. The molecule has 6 nitrogen and oxygen atoms in total. The summed E-state index contributed by atoms with van der Waals surface area (Å²) in [7, 11) is 0. The summed E-state index contributed by atoms with van der Waals surface area (Å²) >= 11 is 6.12. The van der Waals surface area contributed by atoms with Crippen LogP contribution in [0.15, 0.2) is 28.8 Å². The molecule has 112 valence electrons. The fourth-order valence-corrected chi connectivity index (χ4v) is 2.48. The molecule has 0 saturated carbocycles. The smallest absolute Gasteiger partial charge is 0.241 e. The molecule has 1 aromatic heterocycles. The third-order valence-corrected chi connectivity index (χ3v) is 3.60. The molecule has 1 atom stereocenters. The van der Waals surface area contributed by atoms with E-state index >= 15 is 0 Å². The van der Waals surface area contributed by atoms with Gasteiger partial charge in [0.15, 0.2) is 0 Å². The van der Waals surface area contributed by atoms with E-state index in [2.05, 4.69) is 10.1 Å². The van der Waals surface area contributed by atoms with Crippen LogP contribution >= 0.6 is 11.6 Å². The van der Waals surface area contributed by atoms with Gasteiger partial charge in [0.2, 0.25) is 11.7 Å². The summed E-state index contributed by atoms with van der Waals surface area (Å²) in [5.74, 6) is 0.973. The minimum atomic E-state index is -0.488. The molecule has 1 unspecified atom stereocenters. The summed E-state index contributed by atoms with van der Waals surface area (Å²) in [6.07, 6.45) is -0.488. The number of ether oxygens (including phenoxy) is 1. The zero-order chi connectivity index (χ0) is 14.7. The Kier molecular flexibility index (Phi) is 4.50. The van der Waals surface area contributed by atoms with E-state index in [1.165, 1.54) is 0 Å². The lowest BCUT2D eigenvalue weighted by Crippen LogP contribution is -2.32. The molecule has 1 aromatic carbocycles. The molecule has 1 aliphatic heterocycles. The second-order valence-electron chi connectivity index (χ2n) is 4.96. The second-order valence-corrected chi connectivity index (χ2v) is 5.36. The molecule has 0 radical (unpaired) electrons. The maximum absolute atomic E-state index is 9.71. The van der Waals surface area contributed by atoms with Crippen molar-refractivity contribution in [1.29, 1.82) is 0 Å². The monoisotopic (exact) mass is 309 g/mol. The van der Waals surface area contributed by atoms with Gasteiger partial charge in [-0.2, -0.15) is 4.98 Å². The molecule has 0 aliphatic carbocycles. The number of aliphatic hydroxyl groups is 1. The van der Waals surface area contributed by atoms with Crippen LogP contribution in [0.2, 0.25) is 5.02 Å². The van der Waals surface area contributed by atoms with Gasteiger partial charge in [-0.1, -0.05) is 28.9 Å². The number of aliphatic hydroxyl groups excluding tert-OH is 1. The minimum Gasteiger partial charge on any atom is -0.389 e. The predicted molar refractivity (Wildman–Crippen MR) is 76.8 cm³/mol. The van der Waals surface area contributed by atoms with Crippen molar-refractivity contribution in [3.63, 3.8) is 0 Å². The van der Waals surface area contributed by atoms with E-state index in [0.29, 0.717) is 43.0 Å². The molecule has 0 amide bonds. The number of rotatable bonds is 3. The maximum atomic E-state index is 9.71. The van der Waals surface area contributed by atoms with Crippen molar-refractivity contribution in [1.82, 2.24) is 15.0 Å². The first-order valence-electron chi connectivity index (χ1n) is 6.78.